The fourth-order valence-corrected chi connectivity index (χ4v) is 2.69. The van der Waals surface area contributed by atoms with Gasteiger partial charge in [-0.3, -0.25) is 19.5 Å². The van der Waals surface area contributed by atoms with Gasteiger partial charge in [0.2, 0.25) is 0 Å². The third kappa shape index (κ3) is 2.61. The molecule has 24 heavy (non-hydrogen) atoms. The molecule has 3 aromatic rings. The van der Waals surface area contributed by atoms with E-state index in [1.54, 1.807) is 48.5 Å². The van der Waals surface area contributed by atoms with Gasteiger partial charge in [-0.2, -0.15) is 0 Å². The van der Waals surface area contributed by atoms with Crippen molar-refractivity contribution in [1.82, 2.24) is 4.57 Å². The summed E-state index contributed by atoms with van der Waals surface area (Å²) in [6, 6.07) is 15.7. The largest absolute Gasteiger partial charge is 0.395 e. The van der Waals surface area contributed by atoms with E-state index < -0.39 is 16.2 Å². The van der Waals surface area contributed by atoms with Crippen molar-refractivity contribution in [2.24, 2.45) is 0 Å². The number of nitro groups is 1. The van der Waals surface area contributed by atoms with Crippen LogP contribution in [-0.2, 0) is 0 Å². The molecule has 0 aliphatic heterocycles. The molecule has 0 unspecified atom stereocenters. The molecule has 0 bridgehead atoms. The van der Waals surface area contributed by atoms with E-state index in [9.17, 15) is 14.9 Å². The molecular formula is C17H15N3O4. The molecule has 0 spiro atoms. The van der Waals surface area contributed by atoms with Gasteiger partial charge in [-0.1, -0.05) is 36.4 Å². The minimum atomic E-state index is -0.717. The number of aromatic nitrogens is 1. The molecule has 122 valence electrons. The van der Waals surface area contributed by atoms with Gasteiger partial charge in [-0.25, -0.2) is 0 Å². The highest BCUT2D eigenvalue weighted by Gasteiger charge is 2.26. The molecule has 0 amide bonds. The summed E-state index contributed by atoms with van der Waals surface area (Å²) >= 11 is 0. The molecule has 7 heteroatoms. The van der Waals surface area contributed by atoms with Gasteiger partial charge in [-0.05, 0) is 18.2 Å². The highest BCUT2D eigenvalue weighted by atomic mass is 16.6. The maximum atomic E-state index is 12.8. The smallest absolute Gasteiger partial charge is 0.357 e. The number of rotatable bonds is 5. The van der Waals surface area contributed by atoms with E-state index in [1.165, 1.54) is 4.57 Å². The molecule has 0 atom stereocenters. The molecular weight excluding hydrogens is 310 g/mol. The van der Waals surface area contributed by atoms with E-state index in [1.807, 2.05) is 6.07 Å². The molecule has 1 aromatic heterocycles. The summed E-state index contributed by atoms with van der Waals surface area (Å²) in [5, 5.41) is 23.9. The Bertz CT molecular complexity index is 951. The van der Waals surface area contributed by atoms with Gasteiger partial charge in [0, 0.05) is 17.6 Å². The van der Waals surface area contributed by atoms with E-state index >= 15 is 0 Å². The summed E-state index contributed by atoms with van der Waals surface area (Å²) in [4.78, 5) is 23.7. The van der Waals surface area contributed by atoms with Crippen molar-refractivity contribution in [3.63, 3.8) is 0 Å². The molecule has 2 aromatic carbocycles. The van der Waals surface area contributed by atoms with Crippen LogP contribution < -0.4 is 10.9 Å². The van der Waals surface area contributed by atoms with Crippen LogP contribution in [0.15, 0.2) is 59.4 Å². The summed E-state index contributed by atoms with van der Waals surface area (Å²) in [7, 11) is 0. The summed E-state index contributed by atoms with van der Waals surface area (Å²) < 4.78 is 1.33. The van der Waals surface area contributed by atoms with Crippen LogP contribution >= 0.6 is 0 Å². The van der Waals surface area contributed by atoms with Crippen molar-refractivity contribution in [3.8, 4) is 5.69 Å². The SMILES string of the molecule is O=c1c([N+](=O)[O-])c(NCCO)c2ccccc2n1-c1ccccc1. The summed E-state index contributed by atoms with van der Waals surface area (Å²) in [6.45, 7) is -0.0904. The fourth-order valence-electron chi connectivity index (χ4n) is 2.69. The predicted molar refractivity (Wildman–Crippen MR) is 91.8 cm³/mol. The van der Waals surface area contributed by atoms with Gasteiger partial charge < -0.3 is 10.4 Å². The van der Waals surface area contributed by atoms with Crippen LogP contribution in [-0.4, -0.2) is 27.7 Å². The zero-order valence-corrected chi connectivity index (χ0v) is 12.7. The number of nitrogens with zero attached hydrogens (tertiary/aromatic N) is 2. The van der Waals surface area contributed by atoms with Crippen LogP contribution in [0.1, 0.15) is 0 Å². The number of nitrogens with one attached hydrogen (secondary N) is 1. The molecule has 0 saturated carbocycles. The number of hydrogen-bond acceptors (Lipinski definition) is 5. The first kappa shape index (κ1) is 15.7. The number of hydrogen-bond donors (Lipinski definition) is 2. The van der Waals surface area contributed by atoms with E-state index in [0.29, 0.717) is 16.6 Å². The zero-order valence-electron chi connectivity index (χ0n) is 12.7. The Labute approximate surface area is 136 Å². The normalized spacial score (nSPS) is 10.7. The molecule has 7 nitrogen and oxygen atoms in total. The second-order valence-corrected chi connectivity index (χ2v) is 5.12. The Morgan fingerprint density at radius 3 is 2.42 bits per heavy atom. The number of para-hydroxylation sites is 2. The lowest BCUT2D eigenvalue weighted by molar-refractivity contribution is -0.385. The molecule has 1 heterocycles. The van der Waals surface area contributed by atoms with Gasteiger partial charge in [0.05, 0.1) is 17.0 Å². The Balaban J connectivity index is 2.44. The molecule has 0 saturated heterocycles. The summed E-state index contributed by atoms with van der Waals surface area (Å²) in [5.74, 6) is 0. The minimum Gasteiger partial charge on any atom is -0.395 e. The maximum Gasteiger partial charge on any atom is 0.357 e. The van der Waals surface area contributed by atoms with Crippen LogP contribution in [0.2, 0.25) is 0 Å². The van der Waals surface area contributed by atoms with E-state index in [-0.39, 0.29) is 18.8 Å². The topological polar surface area (TPSA) is 97.4 Å². The van der Waals surface area contributed by atoms with E-state index in [4.69, 9.17) is 5.11 Å². The van der Waals surface area contributed by atoms with Gasteiger partial charge >= 0.3 is 11.2 Å². The molecule has 0 fully saturated rings. The van der Waals surface area contributed by atoms with Crippen LogP contribution in [0, 0.1) is 10.1 Å². The molecule has 0 radical (unpaired) electrons. The molecule has 2 N–H and O–H groups in total. The standard InChI is InChI=1S/C17H15N3O4/c21-11-10-18-15-13-8-4-5-9-14(13)19(12-6-2-1-3-7-12)17(22)16(15)20(23)24/h1-9,18,21H,10-11H2. The lowest BCUT2D eigenvalue weighted by atomic mass is 10.1. The van der Waals surface area contributed by atoms with Crippen molar-refractivity contribution in [2.75, 3.05) is 18.5 Å². The fraction of sp³-hybridized carbons (Fsp3) is 0.118. The lowest BCUT2D eigenvalue weighted by Crippen LogP contribution is -2.24. The van der Waals surface area contributed by atoms with Crippen molar-refractivity contribution in [3.05, 3.63) is 75.1 Å². The molecule has 0 aliphatic rings. The minimum absolute atomic E-state index is 0.111. The zero-order chi connectivity index (χ0) is 17.1. The lowest BCUT2D eigenvalue weighted by Gasteiger charge is -2.14. The van der Waals surface area contributed by atoms with E-state index in [2.05, 4.69) is 5.32 Å². The Morgan fingerprint density at radius 2 is 1.75 bits per heavy atom. The molecule has 0 aliphatic carbocycles. The van der Waals surface area contributed by atoms with Gasteiger partial charge in [0.25, 0.3) is 0 Å². The van der Waals surface area contributed by atoms with Gasteiger partial charge in [0.1, 0.15) is 5.69 Å². The number of aliphatic hydroxyl groups excluding tert-OH is 1. The van der Waals surface area contributed by atoms with Crippen molar-refractivity contribution in [1.29, 1.82) is 0 Å². The van der Waals surface area contributed by atoms with E-state index in [0.717, 1.165) is 0 Å². The van der Waals surface area contributed by atoms with Crippen LogP contribution in [0.5, 0.6) is 0 Å². The number of aliphatic hydroxyl groups is 1. The van der Waals surface area contributed by atoms with Crippen molar-refractivity contribution >= 4 is 22.3 Å². The summed E-state index contributed by atoms with van der Waals surface area (Å²) in [5.41, 5.74) is -0.0200. The molecule has 3 rings (SSSR count). The number of pyridine rings is 1. The van der Waals surface area contributed by atoms with Gasteiger partial charge in [-0.15, -0.1) is 0 Å². The quantitative estimate of drug-likeness (QED) is 0.554. The first-order valence-corrected chi connectivity index (χ1v) is 7.37. The van der Waals surface area contributed by atoms with Crippen LogP contribution in [0.25, 0.3) is 16.6 Å². The maximum absolute atomic E-state index is 12.8. The first-order chi connectivity index (χ1) is 11.6. The monoisotopic (exact) mass is 325 g/mol. The van der Waals surface area contributed by atoms with Gasteiger partial charge in [0.15, 0.2) is 0 Å². The third-order valence-corrected chi connectivity index (χ3v) is 3.67. The first-order valence-electron chi connectivity index (χ1n) is 7.37. The van der Waals surface area contributed by atoms with Crippen molar-refractivity contribution in [2.45, 2.75) is 0 Å². The Kier molecular flexibility index (Phi) is 4.26. The average molecular weight is 325 g/mol. The van der Waals surface area contributed by atoms with Crippen molar-refractivity contribution < 1.29 is 10.0 Å². The summed E-state index contributed by atoms with van der Waals surface area (Å²) in [6.07, 6.45) is 0. The highest BCUT2D eigenvalue weighted by molar-refractivity contribution is 5.97. The number of benzene rings is 2. The highest BCUT2D eigenvalue weighted by Crippen LogP contribution is 2.31. The number of anilines is 1. The number of fused-ring (bicyclic) bond motifs is 1. The van der Waals surface area contributed by atoms with Crippen LogP contribution in [0.4, 0.5) is 11.4 Å². The Morgan fingerprint density at radius 1 is 1.08 bits per heavy atom. The second-order valence-electron chi connectivity index (χ2n) is 5.12. The van der Waals surface area contributed by atoms with Crippen LogP contribution in [0.3, 0.4) is 0 Å². The second kappa shape index (κ2) is 6.51. The predicted octanol–water partition coefficient (Wildman–Crippen LogP) is 2.30. The third-order valence-electron chi connectivity index (χ3n) is 3.67. The Hall–Kier alpha value is -3.19. The average Bonchev–Trinajstić information content (AvgIpc) is 2.60.